The summed E-state index contributed by atoms with van der Waals surface area (Å²) in [4.78, 5) is 13.4. The van der Waals surface area contributed by atoms with Gasteiger partial charge in [-0.3, -0.25) is 4.79 Å². The van der Waals surface area contributed by atoms with Gasteiger partial charge in [0.15, 0.2) is 0 Å². The molecule has 1 atom stereocenters. The molecule has 1 saturated heterocycles. The van der Waals surface area contributed by atoms with Gasteiger partial charge in [0, 0.05) is 19.2 Å². The van der Waals surface area contributed by atoms with Gasteiger partial charge in [0.25, 0.3) is 0 Å². The van der Waals surface area contributed by atoms with Crippen molar-refractivity contribution in [1.29, 1.82) is 0 Å². The minimum Gasteiger partial charge on any atom is -0.466 e. The van der Waals surface area contributed by atoms with E-state index >= 15 is 0 Å². The van der Waals surface area contributed by atoms with E-state index in [9.17, 15) is 13.6 Å². The van der Waals surface area contributed by atoms with Crippen LogP contribution in [-0.2, 0) is 9.53 Å². The van der Waals surface area contributed by atoms with E-state index in [1.165, 1.54) is 6.07 Å². The van der Waals surface area contributed by atoms with Crippen LogP contribution in [0.1, 0.15) is 19.8 Å². The fraction of sp³-hybridized carbons (Fsp3) is 0.500. The van der Waals surface area contributed by atoms with Crippen LogP contribution in [0.5, 0.6) is 0 Å². The van der Waals surface area contributed by atoms with Gasteiger partial charge in [-0.2, -0.15) is 0 Å². The maximum atomic E-state index is 13.7. The Morgan fingerprint density at radius 2 is 2.26 bits per heavy atom. The summed E-state index contributed by atoms with van der Waals surface area (Å²) in [5.74, 6) is -1.47. The fourth-order valence-electron chi connectivity index (χ4n) is 2.38. The van der Waals surface area contributed by atoms with E-state index in [0.29, 0.717) is 19.7 Å². The lowest BCUT2D eigenvalue weighted by atomic mass is 9.97. The number of esters is 1. The van der Waals surface area contributed by atoms with Crippen LogP contribution in [-0.4, -0.2) is 25.7 Å². The second kappa shape index (κ2) is 5.99. The lowest BCUT2D eigenvalue weighted by molar-refractivity contribution is -0.148. The third-order valence-corrected chi connectivity index (χ3v) is 3.29. The largest absolute Gasteiger partial charge is 0.466 e. The van der Waals surface area contributed by atoms with Gasteiger partial charge < -0.3 is 9.64 Å². The maximum absolute atomic E-state index is 13.7. The molecule has 1 unspecified atom stereocenters. The van der Waals surface area contributed by atoms with Gasteiger partial charge in [-0.05, 0) is 31.9 Å². The normalized spacial score (nSPS) is 19.3. The van der Waals surface area contributed by atoms with Crippen LogP contribution in [0.25, 0.3) is 0 Å². The van der Waals surface area contributed by atoms with E-state index in [1.54, 1.807) is 11.8 Å². The Hall–Kier alpha value is -1.65. The minimum atomic E-state index is -0.477. The van der Waals surface area contributed by atoms with E-state index in [0.717, 1.165) is 25.0 Å². The molecule has 0 radical (unpaired) electrons. The van der Waals surface area contributed by atoms with Gasteiger partial charge in [0.1, 0.15) is 11.6 Å². The van der Waals surface area contributed by atoms with Crippen molar-refractivity contribution in [3.8, 4) is 0 Å². The smallest absolute Gasteiger partial charge is 0.310 e. The number of hydrogen-bond donors (Lipinski definition) is 0. The van der Waals surface area contributed by atoms with Crippen LogP contribution >= 0.6 is 0 Å². The van der Waals surface area contributed by atoms with Gasteiger partial charge in [0.05, 0.1) is 18.2 Å². The number of anilines is 1. The molecular weight excluding hydrogens is 252 g/mol. The monoisotopic (exact) mass is 269 g/mol. The van der Waals surface area contributed by atoms with Crippen molar-refractivity contribution in [3.63, 3.8) is 0 Å². The van der Waals surface area contributed by atoms with Crippen LogP contribution in [0.15, 0.2) is 18.2 Å². The first-order valence-electron chi connectivity index (χ1n) is 6.48. The number of nitrogens with zero attached hydrogens (tertiary/aromatic N) is 1. The third-order valence-electron chi connectivity index (χ3n) is 3.29. The standard InChI is InChI=1S/C14H17F2NO2/c1-2-19-14(18)10-4-3-7-17(9-10)13-8-11(15)5-6-12(13)16/h5-6,8,10H,2-4,7,9H2,1H3. The minimum absolute atomic E-state index is 0.217. The number of halogens is 2. The van der Waals surface area contributed by atoms with Crippen LogP contribution in [0.2, 0.25) is 0 Å². The van der Waals surface area contributed by atoms with Crippen molar-refractivity contribution in [2.45, 2.75) is 19.8 Å². The first-order valence-corrected chi connectivity index (χ1v) is 6.48. The Balaban J connectivity index is 2.12. The summed E-state index contributed by atoms with van der Waals surface area (Å²) in [6.07, 6.45) is 1.49. The predicted molar refractivity (Wildman–Crippen MR) is 67.9 cm³/mol. The molecule has 0 aromatic heterocycles. The summed E-state index contributed by atoms with van der Waals surface area (Å²) < 4.78 is 31.9. The highest BCUT2D eigenvalue weighted by atomic mass is 19.1. The molecule has 104 valence electrons. The Kier molecular flexibility index (Phi) is 4.35. The first-order chi connectivity index (χ1) is 9.11. The molecule has 1 fully saturated rings. The number of benzene rings is 1. The molecule has 1 aliphatic rings. The molecule has 1 aromatic carbocycles. The first kappa shape index (κ1) is 13.8. The lowest BCUT2D eigenvalue weighted by Crippen LogP contribution is -2.39. The molecule has 0 aliphatic carbocycles. The van der Waals surface area contributed by atoms with Gasteiger partial charge >= 0.3 is 5.97 Å². The highest BCUT2D eigenvalue weighted by Gasteiger charge is 2.28. The van der Waals surface area contributed by atoms with Gasteiger partial charge in [-0.1, -0.05) is 0 Å². The van der Waals surface area contributed by atoms with E-state index < -0.39 is 11.6 Å². The van der Waals surface area contributed by atoms with Crippen molar-refractivity contribution in [3.05, 3.63) is 29.8 Å². The molecule has 1 aliphatic heterocycles. The predicted octanol–water partition coefficient (Wildman–Crippen LogP) is 2.74. The molecule has 2 rings (SSSR count). The molecule has 1 heterocycles. The van der Waals surface area contributed by atoms with Crippen LogP contribution in [0, 0.1) is 17.6 Å². The average Bonchev–Trinajstić information content (AvgIpc) is 2.42. The number of rotatable bonds is 3. The molecule has 19 heavy (non-hydrogen) atoms. The number of hydrogen-bond acceptors (Lipinski definition) is 3. The van der Waals surface area contributed by atoms with Crippen LogP contribution < -0.4 is 4.90 Å². The van der Waals surface area contributed by atoms with Crippen molar-refractivity contribution < 1.29 is 18.3 Å². The van der Waals surface area contributed by atoms with E-state index in [2.05, 4.69) is 0 Å². The average molecular weight is 269 g/mol. The summed E-state index contributed by atoms with van der Waals surface area (Å²) in [5.41, 5.74) is 0.217. The zero-order valence-electron chi connectivity index (χ0n) is 10.9. The number of ether oxygens (including phenoxy) is 1. The Labute approximate surface area is 111 Å². The molecular formula is C14H17F2NO2. The highest BCUT2D eigenvalue weighted by molar-refractivity contribution is 5.73. The molecule has 0 N–H and O–H groups in total. The number of piperidine rings is 1. The molecule has 5 heteroatoms. The Bertz CT molecular complexity index is 465. The van der Waals surface area contributed by atoms with Crippen LogP contribution in [0.4, 0.5) is 14.5 Å². The zero-order valence-corrected chi connectivity index (χ0v) is 10.9. The van der Waals surface area contributed by atoms with E-state index in [1.807, 2.05) is 0 Å². The summed E-state index contributed by atoms with van der Waals surface area (Å²) >= 11 is 0. The van der Waals surface area contributed by atoms with E-state index in [-0.39, 0.29) is 17.6 Å². The van der Waals surface area contributed by atoms with Gasteiger partial charge in [-0.25, -0.2) is 8.78 Å². The summed E-state index contributed by atoms with van der Waals surface area (Å²) in [5, 5.41) is 0. The van der Waals surface area contributed by atoms with Crippen LogP contribution in [0.3, 0.4) is 0 Å². The van der Waals surface area contributed by atoms with Crippen molar-refractivity contribution in [2.24, 2.45) is 5.92 Å². The fourth-order valence-corrected chi connectivity index (χ4v) is 2.38. The number of carbonyl (C=O) groups excluding carboxylic acids is 1. The van der Waals surface area contributed by atoms with Crippen molar-refractivity contribution in [2.75, 3.05) is 24.6 Å². The highest BCUT2D eigenvalue weighted by Crippen LogP contribution is 2.26. The van der Waals surface area contributed by atoms with Gasteiger partial charge in [0.2, 0.25) is 0 Å². The zero-order chi connectivity index (χ0) is 13.8. The van der Waals surface area contributed by atoms with Crippen molar-refractivity contribution >= 4 is 11.7 Å². The topological polar surface area (TPSA) is 29.5 Å². The van der Waals surface area contributed by atoms with E-state index in [4.69, 9.17) is 4.74 Å². The number of carbonyl (C=O) groups is 1. The Morgan fingerprint density at radius 3 is 3.00 bits per heavy atom. The summed E-state index contributed by atoms with van der Waals surface area (Å²) in [7, 11) is 0. The molecule has 0 bridgehead atoms. The molecule has 0 saturated carbocycles. The Morgan fingerprint density at radius 1 is 1.47 bits per heavy atom. The summed E-state index contributed by atoms with van der Waals surface area (Å²) in [6, 6.07) is 3.37. The summed E-state index contributed by atoms with van der Waals surface area (Å²) in [6.45, 7) is 3.09. The van der Waals surface area contributed by atoms with Gasteiger partial charge in [-0.15, -0.1) is 0 Å². The second-order valence-corrected chi connectivity index (χ2v) is 4.63. The second-order valence-electron chi connectivity index (χ2n) is 4.63. The maximum Gasteiger partial charge on any atom is 0.310 e. The molecule has 0 amide bonds. The molecule has 3 nitrogen and oxygen atoms in total. The lowest BCUT2D eigenvalue weighted by Gasteiger charge is -2.33. The molecule has 0 spiro atoms. The SMILES string of the molecule is CCOC(=O)C1CCCN(c2cc(F)ccc2F)C1. The third kappa shape index (κ3) is 3.22. The molecule has 1 aromatic rings. The quantitative estimate of drug-likeness (QED) is 0.790. The van der Waals surface area contributed by atoms with Crippen molar-refractivity contribution in [1.82, 2.24) is 0 Å².